The molecule has 0 bridgehead atoms. The molecule has 113 valence electrons. The van der Waals surface area contributed by atoms with E-state index in [1.54, 1.807) is 0 Å². The normalized spacial score (nSPS) is 9.09. The van der Waals surface area contributed by atoms with Crippen LogP contribution in [0, 0.1) is 0 Å². The summed E-state index contributed by atoms with van der Waals surface area (Å²) in [5, 5.41) is 0. The van der Waals surface area contributed by atoms with E-state index in [-0.39, 0.29) is 42.2 Å². The van der Waals surface area contributed by atoms with E-state index in [0.29, 0.717) is 0 Å². The molecule has 1 nitrogen and oxygen atoms in total. The topological polar surface area (TPSA) is 12.9 Å². The summed E-state index contributed by atoms with van der Waals surface area (Å²) in [5.74, 6) is 0. The molecule has 0 saturated carbocycles. The minimum Gasteiger partial charge on any atom is -1.00 e. The zero-order chi connectivity index (χ0) is 12.9. The molecule has 0 fully saturated rings. The third-order valence-corrected chi connectivity index (χ3v) is 3.24. The number of halogens is 2. The van der Waals surface area contributed by atoms with Crippen molar-refractivity contribution in [3.63, 3.8) is 0 Å². The Morgan fingerprint density at radius 1 is 0.818 bits per heavy atom. The van der Waals surface area contributed by atoms with Gasteiger partial charge in [0.1, 0.15) is 0 Å². The van der Waals surface area contributed by atoms with E-state index in [0.717, 1.165) is 18.5 Å². The van der Waals surface area contributed by atoms with E-state index < -0.39 is 0 Å². The Hall–Kier alpha value is -1.17. The van der Waals surface area contributed by atoms with Crippen molar-refractivity contribution in [1.82, 2.24) is 4.98 Å². The van der Waals surface area contributed by atoms with Crippen LogP contribution >= 0.6 is 0 Å². The Kier molecular flexibility index (Phi) is 9.98. The molecule has 0 aliphatic heterocycles. The van der Waals surface area contributed by atoms with Gasteiger partial charge in [-0.05, 0) is 18.6 Å². The maximum Gasteiger partial charge on any atom is 3.00 e. The summed E-state index contributed by atoms with van der Waals surface area (Å²) >= 11 is 0. The number of benzene rings is 1. The second-order valence-electron chi connectivity index (χ2n) is 4.79. The minimum atomic E-state index is 0. The fourth-order valence-electron chi connectivity index (χ4n) is 2.31. The molecular formula is C18H16Cl2CrN. The SMILES string of the molecule is [Cl-].[Cl-].[Cr+3].c1ccc(Cc2cc[c-](Cc3ccccn3)c2)cc1. The first kappa shape index (κ1) is 20.8. The summed E-state index contributed by atoms with van der Waals surface area (Å²) in [7, 11) is 0. The van der Waals surface area contributed by atoms with Crippen molar-refractivity contribution < 1.29 is 42.2 Å². The zero-order valence-corrected chi connectivity index (χ0v) is 14.7. The predicted molar refractivity (Wildman–Crippen MR) is 78.3 cm³/mol. The molecular weight excluding hydrogens is 353 g/mol. The van der Waals surface area contributed by atoms with Gasteiger partial charge >= 0.3 is 17.4 Å². The van der Waals surface area contributed by atoms with Gasteiger partial charge in [-0.3, -0.25) is 4.98 Å². The van der Waals surface area contributed by atoms with E-state index in [1.165, 1.54) is 16.7 Å². The van der Waals surface area contributed by atoms with E-state index in [1.807, 2.05) is 18.3 Å². The number of hydrogen-bond donors (Lipinski definition) is 0. The molecule has 1 radical (unpaired) electrons. The molecule has 3 rings (SSSR count). The summed E-state index contributed by atoms with van der Waals surface area (Å²) in [6, 6.07) is 23.3. The first-order valence-corrected chi connectivity index (χ1v) is 6.58. The van der Waals surface area contributed by atoms with Crippen LogP contribution in [0.15, 0.2) is 72.9 Å². The van der Waals surface area contributed by atoms with Gasteiger partial charge in [0.25, 0.3) is 0 Å². The van der Waals surface area contributed by atoms with Crippen molar-refractivity contribution in [3.8, 4) is 0 Å². The van der Waals surface area contributed by atoms with Gasteiger partial charge in [-0.1, -0.05) is 48.4 Å². The predicted octanol–water partition coefficient (Wildman–Crippen LogP) is -2.01. The average molecular weight is 369 g/mol. The van der Waals surface area contributed by atoms with Gasteiger partial charge in [-0.15, -0.1) is 0 Å². The number of aromatic nitrogens is 1. The van der Waals surface area contributed by atoms with Crippen LogP contribution in [0.3, 0.4) is 0 Å². The Morgan fingerprint density at radius 3 is 2.23 bits per heavy atom. The monoisotopic (exact) mass is 368 g/mol. The molecule has 1 heterocycles. The quantitative estimate of drug-likeness (QED) is 0.485. The van der Waals surface area contributed by atoms with E-state index in [2.05, 4.69) is 59.6 Å². The van der Waals surface area contributed by atoms with Crippen LogP contribution in [0.5, 0.6) is 0 Å². The Bertz CT molecular complexity index is 582. The molecule has 0 spiro atoms. The molecule has 3 aromatic rings. The maximum atomic E-state index is 4.37. The third-order valence-electron chi connectivity index (χ3n) is 3.24. The minimum absolute atomic E-state index is 0. The number of nitrogens with zero attached hydrogens (tertiary/aromatic N) is 1. The molecule has 0 unspecified atom stereocenters. The van der Waals surface area contributed by atoms with Crippen LogP contribution in [0.25, 0.3) is 0 Å². The van der Waals surface area contributed by atoms with Gasteiger partial charge in [0.05, 0.1) is 0 Å². The molecule has 0 amide bonds. The molecule has 0 N–H and O–H groups in total. The van der Waals surface area contributed by atoms with Gasteiger partial charge in [0.2, 0.25) is 0 Å². The molecule has 0 aliphatic rings. The first-order chi connectivity index (χ1) is 9.40. The van der Waals surface area contributed by atoms with Crippen LogP contribution < -0.4 is 24.8 Å². The van der Waals surface area contributed by atoms with Gasteiger partial charge < -0.3 is 24.8 Å². The van der Waals surface area contributed by atoms with Crippen molar-refractivity contribution in [2.24, 2.45) is 0 Å². The third kappa shape index (κ3) is 5.91. The summed E-state index contributed by atoms with van der Waals surface area (Å²) < 4.78 is 0. The zero-order valence-electron chi connectivity index (χ0n) is 12.0. The molecule has 1 aromatic heterocycles. The summed E-state index contributed by atoms with van der Waals surface area (Å²) in [4.78, 5) is 4.37. The summed E-state index contributed by atoms with van der Waals surface area (Å²) in [6.07, 6.45) is 3.77. The Morgan fingerprint density at radius 2 is 1.55 bits per heavy atom. The number of pyridine rings is 1. The second kappa shape index (κ2) is 10.5. The molecule has 22 heavy (non-hydrogen) atoms. The van der Waals surface area contributed by atoms with Crippen molar-refractivity contribution in [3.05, 3.63) is 95.3 Å². The van der Waals surface area contributed by atoms with Gasteiger partial charge in [0, 0.05) is 11.9 Å². The Balaban J connectivity index is 0.00000147. The van der Waals surface area contributed by atoms with Crippen molar-refractivity contribution in [2.75, 3.05) is 0 Å². The van der Waals surface area contributed by atoms with E-state index >= 15 is 0 Å². The largest absolute Gasteiger partial charge is 3.00 e. The fourth-order valence-corrected chi connectivity index (χ4v) is 2.31. The maximum absolute atomic E-state index is 4.37. The van der Waals surface area contributed by atoms with Gasteiger partial charge in [0.15, 0.2) is 0 Å². The smallest absolute Gasteiger partial charge is 1.00 e. The summed E-state index contributed by atoms with van der Waals surface area (Å²) in [5.41, 5.74) is 5.19. The number of rotatable bonds is 4. The molecule has 0 saturated heterocycles. The standard InChI is InChI=1S/C18H16N.2ClH.Cr/c1-2-6-15(7-3-1)12-16-9-10-17(13-16)14-18-8-4-5-11-19-18;;;/h1-11,13H,12,14H2;2*1H;/q-1;;;+3/p-2. The average Bonchev–Trinajstić information content (AvgIpc) is 2.88. The van der Waals surface area contributed by atoms with Crippen molar-refractivity contribution >= 4 is 0 Å². The van der Waals surface area contributed by atoms with Crippen LogP contribution in [0.4, 0.5) is 0 Å². The van der Waals surface area contributed by atoms with Crippen LogP contribution in [0.1, 0.15) is 22.4 Å². The van der Waals surface area contributed by atoms with Crippen LogP contribution in [0.2, 0.25) is 0 Å². The van der Waals surface area contributed by atoms with E-state index in [4.69, 9.17) is 0 Å². The molecule has 0 atom stereocenters. The van der Waals surface area contributed by atoms with E-state index in [9.17, 15) is 0 Å². The Labute approximate surface area is 155 Å². The fraction of sp³-hybridized carbons (Fsp3) is 0.111. The number of hydrogen-bond acceptors (Lipinski definition) is 1. The van der Waals surface area contributed by atoms with Gasteiger partial charge in [-0.2, -0.15) is 23.3 Å². The first-order valence-electron chi connectivity index (χ1n) is 6.58. The van der Waals surface area contributed by atoms with Crippen molar-refractivity contribution in [1.29, 1.82) is 0 Å². The molecule has 0 aliphatic carbocycles. The molecule has 4 heteroatoms. The van der Waals surface area contributed by atoms with Gasteiger partial charge in [-0.25, -0.2) is 6.07 Å². The molecule has 2 aromatic carbocycles. The van der Waals surface area contributed by atoms with Crippen molar-refractivity contribution in [2.45, 2.75) is 12.8 Å². The second-order valence-corrected chi connectivity index (χ2v) is 4.79. The van der Waals surface area contributed by atoms with Crippen LogP contribution in [-0.2, 0) is 30.2 Å². The summed E-state index contributed by atoms with van der Waals surface area (Å²) in [6.45, 7) is 0. The van der Waals surface area contributed by atoms with Crippen LogP contribution in [-0.4, -0.2) is 4.98 Å².